The van der Waals surface area contributed by atoms with Gasteiger partial charge in [0, 0.05) is 0 Å². The van der Waals surface area contributed by atoms with Crippen LogP contribution < -0.4 is 0 Å². The Bertz CT molecular complexity index is 313. The van der Waals surface area contributed by atoms with Gasteiger partial charge >= 0.3 is 6.18 Å². The molecule has 4 unspecified atom stereocenters. The van der Waals surface area contributed by atoms with Crippen molar-refractivity contribution in [2.75, 3.05) is 0 Å². The molecule has 0 aromatic rings. The minimum atomic E-state index is -4.07. The summed E-state index contributed by atoms with van der Waals surface area (Å²) in [6, 6.07) is 0. The Kier molecular flexibility index (Phi) is 2.92. The molecule has 4 atom stereocenters. The van der Waals surface area contributed by atoms with Crippen LogP contribution in [0.3, 0.4) is 0 Å². The topological polar surface area (TPSA) is 20.2 Å². The molecule has 0 spiro atoms. The summed E-state index contributed by atoms with van der Waals surface area (Å²) in [7, 11) is 0. The number of fused-ring (bicyclic) bond motifs is 1. The molecule has 0 aromatic carbocycles. The molecule has 0 bridgehead atoms. The molecule has 0 aliphatic heterocycles. The van der Waals surface area contributed by atoms with Gasteiger partial charge in [0.05, 0.1) is 11.5 Å². The van der Waals surface area contributed by atoms with Gasteiger partial charge in [0.1, 0.15) is 0 Å². The molecule has 3 aliphatic rings. The predicted octanol–water partition coefficient (Wildman–Crippen LogP) is 3.91. The molecular formula is C14H21F3O. The first-order chi connectivity index (χ1) is 8.44. The average molecular weight is 262 g/mol. The molecule has 18 heavy (non-hydrogen) atoms. The van der Waals surface area contributed by atoms with Gasteiger partial charge in [-0.15, -0.1) is 0 Å². The van der Waals surface area contributed by atoms with Crippen molar-refractivity contribution in [1.29, 1.82) is 0 Å². The zero-order valence-corrected chi connectivity index (χ0v) is 10.5. The second-order valence-electron chi connectivity index (χ2n) is 6.49. The van der Waals surface area contributed by atoms with Crippen LogP contribution in [0.25, 0.3) is 0 Å². The molecule has 0 saturated heterocycles. The molecule has 3 rings (SSSR count). The number of alkyl halides is 3. The Morgan fingerprint density at radius 2 is 1.50 bits per heavy atom. The fourth-order valence-corrected chi connectivity index (χ4v) is 4.65. The van der Waals surface area contributed by atoms with Gasteiger partial charge in [-0.25, -0.2) is 0 Å². The summed E-state index contributed by atoms with van der Waals surface area (Å²) in [5.41, 5.74) is -0.736. The highest BCUT2D eigenvalue weighted by atomic mass is 19.4. The first-order valence-electron chi connectivity index (χ1n) is 7.23. The van der Waals surface area contributed by atoms with E-state index in [1.807, 2.05) is 0 Å². The third kappa shape index (κ3) is 1.87. The third-order valence-electron chi connectivity index (χ3n) is 5.64. The number of hydrogen-bond acceptors (Lipinski definition) is 1. The highest BCUT2D eigenvalue weighted by molar-refractivity contribution is 5.16. The highest BCUT2D eigenvalue weighted by Gasteiger charge is 2.67. The maximum absolute atomic E-state index is 12.8. The summed E-state index contributed by atoms with van der Waals surface area (Å²) in [5, 5.41) is 10.7. The first kappa shape index (κ1) is 12.8. The van der Waals surface area contributed by atoms with Gasteiger partial charge in [-0.3, -0.25) is 0 Å². The van der Waals surface area contributed by atoms with Crippen molar-refractivity contribution in [1.82, 2.24) is 0 Å². The molecule has 104 valence electrons. The average Bonchev–Trinajstić information content (AvgIpc) is 2.97. The quantitative estimate of drug-likeness (QED) is 0.759. The summed E-state index contributed by atoms with van der Waals surface area (Å²) in [5.74, 6) is -0.666. The van der Waals surface area contributed by atoms with Gasteiger partial charge < -0.3 is 5.11 Å². The number of halogens is 3. The van der Waals surface area contributed by atoms with Crippen molar-refractivity contribution in [3.05, 3.63) is 0 Å². The minimum absolute atomic E-state index is 0.106. The lowest BCUT2D eigenvalue weighted by Gasteiger charge is -2.34. The van der Waals surface area contributed by atoms with Crippen molar-refractivity contribution in [3.63, 3.8) is 0 Å². The maximum atomic E-state index is 12.8. The lowest BCUT2D eigenvalue weighted by Crippen LogP contribution is -2.36. The lowest BCUT2D eigenvalue weighted by atomic mass is 9.76. The predicted molar refractivity (Wildman–Crippen MR) is 61.9 cm³/mol. The molecule has 0 heterocycles. The van der Waals surface area contributed by atoms with E-state index in [1.165, 1.54) is 0 Å². The molecular weight excluding hydrogens is 241 g/mol. The van der Waals surface area contributed by atoms with Crippen LogP contribution in [0.15, 0.2) is 0 Å². The molecule has 3 aliphatic carbocycles. The summed E-state index contributed by atoms with van der Waals surface area (Å²) in [6.45, 7) is 0. The highest BCUT2D eigenvalue weighted by Crippen LogP contribution is 2.65. The van der Waals surface area contributed by atoms with E-state index in [4.69, 9.17) is 0 Å². The van der Waals surface area contributed by atoms with Crippen molar-refractivity contribution in [2.45, 2.75) is 63.1 Å². The van der Waals surface area contributed by atoms with Crippen LogP contribution >= 0.6 is 0 Å². The normalized spacial score (nSPS) is 48.7. The second kappa shape index (κ2) is 4.12. The Balaban J connectivity index is 1.70. The monoisotopic (exact) mass is 262 g/mol. The summed E-state index contributed by atoms with van der Waals surface area (Å²) in [4.78, 5) is 0. The molecule has 0 radical (unpaired) electrons. The van der Waals surface area contributed by atoms with Crippen LogP contribution in [-0.4, -0.2) is 16.9 Å². The summed E-state index contributed by atoms with van der Waals surface area (Å²) >= 11 is 0. The largest absolute Gasteiger partial charge is 0.391 e. The van der Waals surface area contributed by atoms with E-state index in [1.54, 1.807) is 0 Å². The number of aliphatic hydroxyl groups is 1. The van der Waals surface area contributed by atoms with Gasteiger partial charge in [0.2, 0.25) is 0 Å². The standard InChI is InChI=1S/C14H21F3O/c15-14(16,17)10-5-3-4-9(8-10)13(18)11-6-1-2-7-12(11)13/h9-12,18H,1-8H2. The third-order valence-corrected chi connectivity index (χ3v) is 5.64. The van der Waals surface area contributed by atoms with Crippen molar-refractivity contribution < 1.29 is 18.3 Å². The maximum Gasteiger partial charge on any atom is 0.391 e. The van der Waals surface area contributed by atoms with E-state index in [0.29, 0.717) is 18.3 Å². The molecule has 3 saturated carbocycles. The van der Waals surface area contributed by atoms with Gasteiger partial charge in [-0.1, -0.05) is 19.3 Å². The van der Waals surface area contributed by atoms with Crippen LogP contribution in [-0.2, 0) is 0 Å². The molecule has 3 fully saturated rings. The number of hydrogen-bond donors (Lipinski definition) is 1. The van der Waals surface area contributed by atoms with E-state index in [0.717, 1.165) is 32.1 Å². The molecule has 0 aromatic heterocycles. The van der Waals surface area contributed by atoms with Gasteiger partial charge in [0.15, 0.2) is 0 Å². The van der Waals surface area contributed by atoms with Crippen LogP contribution in [0.2, 0.25) is 0 Å². The van der Waals surface area contributed by atoms with Crippen molar-refractivity contribution >= 4 is 0 Å². The van der Waals surface area contributed by atoms with E-state index in [-0.39, 0.29) is 18.8 Å². The smallest absolute Gasteiger partial charge is 0.389 e. The van der Waals surface area contributed by atoms with Gasteiger partial charge in [0.25, 0.3) is 0 Å². The van der Waals surface area contributed by atoms with Crippen LogP contribution in [0.4, 0.5) is 13.2 Å². The van der Waals surface area contributed by atoms with Crippen molar-refractivity contribution in [2.24, 2.45) is 23.7 Å². The van der Waals surface area contributed by atoms with E-state index in [2.05, 4.69) is 0 Å². The fourth-order valence-electron chi connectivity index (χ4n) is 4.65. The zero-order chi connectivity index (χ0) is 13.0. The van der Waals surface area contributed by atoms with Crippen LogP contribution in [0.1, 0.15) is 51.4 Å². The summed E-state index contributed by atoms with van der Waals surface area (Å²) in [6.07, 6.45) is 2.07. The van der Waals surface area contributed by atoms with Crippen LogP contribution in [0.5, 0.6) is 0 Å². The Hall–Kier alpha value is -0.250. The SMILES string of the molecule is OC1(C2CCCC(C(F)(F)F)C2)C2CCCCC21. The zero-order valence-electron chi connectivity index (χ0n) is 10.5. The Labute approximate surface area is 106 Å². The van der Waals surface area contributed by atoms with Gasteiger partial charge in [-0.05, 0) is 49.9 Å². The fraction of sp³-hybridized carbons (Fsp3) is 1.00. The first-order valence-corrected chi connectivity index (χ1v) is 7.23. The summed E-state index contributed by atoms with van der Waals surface area (Å²) < 4.78 is 38.4. The molecule has 0 amide bonds. The lowest BCUT2D eigenvalue weighted by molar-refractivity contribution is -0.190. The van der Waals surface area contributed by atoms with Crippen LogP contribution in [0, 0.1) is 23.7 Å². The molecule has 4 heteroatoms. The van der Waals surface area contributed by atoms with Crippen molar-refractivity contribution in [3.8, 4) is 0 Å². The van der Waals surface area contributed by atoms with E-state index >= 15 is 0 Å². The van der Waals surface area contributed by atoms with Gasteiger partial charge in [-0.2, -0.15) is 13.2 Å². The molecule has 1 N–H and O–H groups in total. The Morgan fingerprint density at radius 1 is 0.889 bits per heavy atom. The van der Waals surface area contributed by atoms with E-state index < -0.39 is 17.7 Å². The molecule has 1 nitrogen and oxygen atoms in total. The second-order valence-corrected chi connectivity index (χ2v) is 6.49. The Morgan fingerprint density at radius 3 is 2.06 bits per heavy atom. The number of rotatable bonds is 1. The van der Waals surface area contributed by atoms with E-state index in [9.17, 15) is 18.3 Å². The minimum Gasteiger partial charge on any atom is -0.389 e.